The Morgan fingerprint density at radius 2 is 2.12 bits per heavy atom. The van der Waals surface area contributed by atoms with Gasteiger partial charge >= 0.3 is 0 Å². The van der Waals surface area contributed by atoms with Crippen LogP contribution in [-0.4, -0.2) is 40.4 Å². The third-order valence-electron chi connectivity index (χ3n) is 4.43. The number of hydrogen-bond acceptors (Lipinski definition) is 4. The van der Waals surface area contributed by atoms with Gasteiger partial charge in [-0.3, -0.25) is 14.6 Å². The second kappa shape index (κ2) is 7.93. The Hall–Kier alpha value is -2.99. The summed E-state index contributed by atoms with van der Waals surface area (Å²) in [6.45, 7) is 0.947. The second-order valence-electron chi connectivity index (χ2n) is 6.18. The molecule has 0 bridgehead atoms. The standard InChI is InChI=1S/C20H21N3O3/c1-21-20(26)16-10-14(11-22-12-16)6-7-19(25)23-9-8-18(24)17-5-3-2-4-15(17)13-23/h2-7,10-12,18,24H,8-9,13H2,1H3,(H,21,26)/b7-6+. The molecule has 0 saturated heterocycles. The number of carbonyl (C=O) groups excluding carboxylic acids is 2. The molecule has 134 valence electrons. The number of pyridine rings is 1. The van der Waals surface area contributed by atoms with Crippen molar-refractivity contribution in [3.63, 3.8) is 0 Å². The van der Waals surface area contributed by atoms with E-state index in [1.165, 1.54) is 12.3 Å². The first-order chi connectivity index (χ1) is 12.6. The van der Waals surface area contributed by atoms with Crippen molar-refractivity contribution in [3.05, 3.63) is 71.1 Å². The normalized spacial score (nSPS) is 16.8. The number of nitrogens with one attached hydrogen (secondary N) is 1. The lowest BCUT2D eigenvalue weighted by atomic mass is 10.0. The number of carbonyl (C=O) groups is 2. The van der Waals surface area contributed by atoms with Crippen molar-refractivity contribution in [2.45, 2.75) is 19.1 Å². The Bertz CT molecular complexity index is 848. The second-order valence-corrected chi connectivity index (χ2v) is 6.18. The molecule has 1 aromatic carbocycles. The van der Waals surface area contributed by atoms with Crippen molar-refractivity contribution in [2.24, 2.45) is 0 Å². The van der Waals surface area contributed by atoms with E-state index in [0.29, 0.717) is 30.6 Å². The highest BCUT2D eigenvalue weighted by atomic mass is 16.3. The molecule has 6 nitrogen and oxygen atoms in total. The van der Waals surface area contributed by atoms with Crippen molar-refractivity contribution in [1.29, 1.82) is 0 Å². The highest BCUT2D eigenvalue weighted by Crippen LogP contribution is 2.26. The third kappa shape index (κ3) is 3.97. The highest BCUT2D eigenvalue weighted by molar-refractivity contribution is 5.95. The molecule has 2 amide bonds. The van der Waals surface area contributed by atoms with Gasteiger partial charge in [0.05, 0.1) is 11.7 Å². The molecule has 1 unspecified atom stereocenters. The molecular formula is C20H21N3O3. The molecule has 2 heterocycles. The topological polar surface area (TPSA) is 82.5 Å². The maximum atomic E-state index is 12.6. The van der Waals surface area contributed by atoms with Gasteiger partial charge in [0.25, 0.3) is 5.91 Å². The lowest BCUT2D eigenvalue weighted by Crippen LogP contribution is -2.29. The summed E-state index contributed by atoms with van der Waals surface area (Å²) >= 11 is 0. The minimum atomic E-state index is -0.554. The van der Waals surface area contributed by atoms with Crippen molar-refractivity contribution < 1.29 is 14.7 Å². The van der Waals surface area contributed by atoms with Crippen LogP contribution in [0.25, 0.3) is 6.08 Å². The van der Waals surface area contributed by atoms with Gasteiger partial charge in [0.2, 0.25) is 5.91 Å². The summed E-state index contributed by atoms with van der Waals surface area (Å²) in [5, 5.41) is 12.8. The van der Waals surface area contributed by atoms with E-state index in [1.807, 2.05) is 24.3 Å². The van der Waals surface area contributed by atoms with Gasteiger partial charge in [0.15, 0.2) is 0 Å². The van der Waals surface area contributed by atoms with Gasteiger partial charge < -0.3 is 15.3 Å². The van der Waals surface area contributed by atoms with E-state index in [9.17, 15) is 14.7 Å². The summed E-state index contributed by atoms with van der Waals surface area (Å²) in [6, 6.07) is 9.32. The molecule has 0 saturated carbocycles. The van der Waals surface area contributed by atoms with Crippen LogP contribution in [0.1, 0.15) is 39.6 Å². The molecule has 2 aromatic rings. The Morgan fingerprint density at radius 1 is 1.31 bits per heavy atom. The van der Waals surface area contributed by atoms with Crippen molar-refractivity contribution in [2.75, 3.05) is 13.6 Å². The molecule has 1 aliphatic rings. The number of fused-ring (bicyclic) bond motifs is 1. The molecule has 2 N–H and O–H groups in total. The minimum absolute atomic E-state index is 0.140. The van der Waals surface area contributed by atoms with Gasteiger partial charge in [-0.25, -0.2) is 0 Å². The van der Waals surface area contributed by atoms with Crippen LogP contribution in [0.4, 0.5) is 0 Å². The van der Waals surface area contributed by atoms with Gasteiger partial charge in [0.1, 0.15) is 0 Å². The van der Waals surface area contributed by atoms with E-state index in [0.717, 1.165) is 11.1 Å². The fourth-order valence-electron chi connectivity index (χ4n) is 3.00. The summed E-state index contributed by atoms with van der Waals surface area (Å²) in [5.41, 5.74) is 2.96. The Kier molecular flexibility index (Phi) is 5.43. The van der Waals surface area contributed by atoms with Crippen LogP contribution in [0.15, 0.2) is 48.8 Å². The van der Waals surface area contributed by atoms with Crippen molar-refractivity contribution in [3.8, 4) is 0 Å². The Balaban J connectivity index is 1.74. The number of nitrogens with zero attached hydrogens (tertiary/aromatic N) is 2. The number of aromatic nitrogens is 1. The summed E-state index contributed by atoms with van der Waals surface area (Å²) < 4.78 is 0. The summed E-state index contributed by atoms with van der Waals surface area (Å²) in [7, 11) is 1.56. The smallest absolute Gasteiger partial charge is 0.252 e. The maximum absolute atomic E-state index is 12.6. The van der Waals surface area contributed by atoms with E-state index >= 15 is 0 Å². The summed E-state index contributed by atoms with van der Waals surface area (Å²) in [5.74, 6) is -0.364. The quantitative estimate of drug-likeness (QED) is 0.828. The zero-order chi connectivity index (χ0) is 18.5. The fourth-order valence-corrected chi connectivity index (χ4v) is 3.00. The monoisotopic (exact) mass is 351 g/mol. The number of amides is 2. The molecule has 1 aromatic heterocycles. The number of aliphatic hydroxyl groups excluding tert-OH is 1. The highest BCUT2D eigenvalue weighted by Gasteiger charge is 2.22. The van der Waals surface area contributed by atoms with E-state index in [4.69, 9.17) is 0 Å². The van der Waals surface area contributed by atoms with Gasteiger partial charge in [-0.15, -0.1) is 0 Å². The van der Waals surface area contributed by atoms with Crippen LogP contribution in [0, 0.1) is 0 Å². The lowest BCUT2D eigenvalue weighted by Gasteiger charge is -2.19. The van der Waals surface area contributed by atoms with Crippen LogP contribution in [0.5, 0.6) is 0 Å². The average Bonchev–Trinajstić information content (AvgIpc) is 2.85. The van der Waals surface area contributed by atoms with E-state index in [1.54, 1.807) is 30.3 Å². The zero-order valence-corrected chi connectivity index (χ0v) is 14.6. The summed E-state index contributed by atoms with van der Waals surface area (Å²) in [4.78, 5) is 30.0. The van der Waals surface area contributed by atoms with Crippen LogP contribution in [-0.2, 0) is 11.3 Å². The van der Waals surface area contributed by atoms with E-state index in [-0.39, 0.29) is 11.8 Å². The molecule has 6 heteroatoms. The maximum Gasteiger partial charge on any atom is 0.252 e. The number of aliphatic hydroxyl groups is 1. The molecule has 1 atom stereocenters. The Morgan fingerprint density at radius 3 is 2.92 bits per heavy atom. The minimum Gasteiger partial charge on any atom is -0.388 e. The van der Waals surface area contributed by atoms with Crippen LogP contribution >= 0.6 is 0 Å². The molecule has 1 aliphatic heterocycles. The van der Waals surface area contributed by atoms with Crippen LogP contribution in [0.3, 0.4) is 0 Å². The zero-order valence-electron chi connectivity index (χ0n) is 14.6. The fraction of sp³-hybridized carbons (Fsp3) is 0.250. The molecule has 3 rings (SSSR count). The SMILES string of the molecule is CNC(=O)c1cncc(/C=C/C(=O)N2CCC(O)c3ccccc3C2)c1. The van der Waals surface area contributed by atoms with Crippen molar-refractivity contribution in [1.82, 2.24) is 15.2 Å². The van der Waals surface area contributed by atoms with Gasteiger partial charge in [0, 0.05) is 38.6 Å². The van der Waals surface area contributed by atoms with Crippen molar-refractivity contribution >= 4 is 17.9 Å². The number of rotatable bonds is 3. The molecule has 0 aliphatic carbocycles. The van der Waals surface area contributed by atoms with E-state index < -0.39 is 6.10 Å². The van der Waals surface area contributed by atoms with Gasteiger partial charge in [-0.05, 0) is 35.3 Å². The average molecular weight is 351 g/mol. The predicted octanol–water partition coefficient (Wildman–Crippen LogP) is 1.92. The molecule has 0 fully saturated rings. The first-order valence-corrected chi connectivity index (χ1v) is 8.48. The number of hydrogen-bond donors (Lipinski definition) is 2. The molecular weight excluding hydrogens is 330 g/mol. The van der Waals surface area contributed by atoms with Crippen LogP contribution < -0.4 is 5.32 Å². The molecule has 26 heavy (non-hydrogen) atoms. The lowest BCUT2D eigenvalue weighted by molar-refractivity contribution is -0.126. The largest absolute Gasteiger partial charge is 0.388 e. The van der Waals surface area contributed by atoms with Gasteiger partial charge in [-0.2, -0.15) is 0 Å². The molecule has 0 radical (unpaired) electrons. The van der Waals surface area contributed by atoms with E-state index in [2.05, 4.69) is 10.3 Å². The molecule has 0 spiro atoms. The number of benzene rings is 1. The van der Waals surface area contributed by atoms with Gasteiger partial charge in [-0.1, -0.05) is 24.3 Å². The van der Waals surface area contributed by atoms with Crippen LogP contribution in [0.2, 0.25) is 0 Å². The first-order valence-electron chi connectivity index (χ1n) is 8.48. The summed E-state index contributed by atoms with van der Waals surface area (Å²) in [6.07, 6.45) is 6.15. The Labute approximate surface area is 152 Å². The third-order valence-corrected chi connectivity index (χ3v) is 4.43. The first kappa shape index (κ1) is 17.8. The predicted molar refractivity (Wildman–Crippen MR) is 98.1 cm³/mol.